The summed E-state index contributed by atoms with van der Waals surface area (Å²) in [7, 11) is 0. The Labute approximate surface area is 241 Å². The van der Waals surface area contributed by atoms with Crippen LogP contribution in [0, 0.1) is 0 Å². The lowest BCUT2D eigenvalue weighted by atomic mass is 9.99. The van der Waals surface area contributed by atoms with Crippen LogP contribution in [0.3, 0.4) is 0 Å². The summed E-state index contributed by atoms with van der Waals surface area (Å²) >= 11 is 0. The highest BCUT2D eigenvalue weighted by Gasteiger charge is 2.19. The first-order valence-electron chi connectivity index (χ1n) is 14.2. The van der Waals surface area contributed by atoms with Gasteiger partial charge in [-0.2, -0.15) is 0 Å². The van der Waals surface area contributed by atoms with Gasteiger partial charge < -0.3 is 30.9 Å². The van der Waals surface area contributed by atoms with Crippen molar-refractivity contribution < 1.29 is 19.4 Å². The highest BCUT2D eigenvalue weighted by molar-refractivity contribution is 5.98. The van der Waals surface area contributed by atoms with E-state index in [-0.39, 0.29) is 12.5 Å². The highest BCUT2D eigenvalue weighted by Crippen LogP contribution is 2.38. The zero-order valence-corrected chi connectivity index (χ0v) is 24.2. The van der Waals surface area contributed by atoms with Crippen molar-refractivity contribution in [3.8, 4) is 11.5 Å². The molecule has 5 N–H and O–H groups in total. The van der Waals surface area contributed by atoms with Gasteiger partial charge in [0, 0.05) is 41.5 Å². The molecule has 0 spiro atoms. The van der Waals surface area contributed by atoms with E-state index in [0.29, 0.717) is 42.3 Å². The molecular formula is C33H40N4O4. The molecule has 8 heteroatoms. The molecule has 1 heterocycles. The number of primary amides is 1. The smallest absolute Gasteiger partial charge is 0.221 e. The van der Waals surface area contributed by atoms with Gasteiger partial charge in [0.1, 0.15) is 0 Å². The maximum atomic E-state index is 12.0. The van der Waals surface area contributed by atoms with Crippen molar-refractivity contribution in [3.63, 3.8) is 0 Å². The van der Waals surface area contributed by atoms with Crippen molar-refractivity contribution in [1.29, 1.82) is 0 Å². The minimum atomic E-state index is -0.622. The Morgan fingerprint density at radius 3 is 2.34 bits per heavy atom. The number of amides is 1. The monoisotopic (exact) mass is 556 g/mol. The maximum absolute atomic E-state index is 12.0. The lowest BCUT2D eigenvalue weighted by molar-refractivity contribution is -0.117. The van der Waals surface area contributed by atoms with E-state index in [0.717, 1.165) is 39.9 Å². The van der Waals surface area contributed by atoms with E-state index in [1.165, 1.54) is 0 Å². The fourth-order valence-electron chi connectivity index (χ4n) is 5.04. The van der Waals surface area contributed by atoms with Crippen LogP contribution in [0.15, 0.2) is 66.9 Å². The standard InChI is InChI=1S/C33H40N4O4/c1-5-25-23(19-35-21(4)33(39)22-12-9-8-10-13-22)14-11-15-27(25)37-32-24(16-31(34)38)20-36-28-18-30(41-7-3)29(40-6-2)17-26(28)32/h8-15,17-18,20-21,33,35,39H,5-7,16,19H2,1-4H3,(H2,34,38)(H,36,37). The van der Waals surface area contributed by atoms with Gasteiger partial charge in [0.2, 0.25) is 5.91 Å². The highest BCUT2D eigenvalue weighted by atomic mass is 16.5. The molecule has 0 bridgehead atoms. The number of rotatable bonds is 14. The third kappa shape index (κ3) is 7.14. The van der Waals surface area contributed by atoms with Crippen LogP contribution in [0.25, 0.3) is 10.9 Å². The van der Waals surface area contributed by atoms with Gasteiger partial charge in [0.15, 0.2) is 11.5 Å². The van der Waals surface area contributed by atoms with Crippen LogP contribution in [0.2, 0.25) is 0 Å². The van der Waals surface area contributed by atoms with Crippen LogP contribution in [0.5, 0.6) is 11.5 Å². The minimum absolute atomic E-state index is 0.0417. The first kappa shape index (κ1) is 29.8. The van der Waals surface area contributed by atoms with Crippen molar-refractivity contribution in [2.45, 2.75) is 59.2 Å². The molecule has 0 saturated heterocycles. The number of carbonyl (C=O) groups excluding carboxylic acids is 1. The third-order valence-electron chi connectivity index (χ3n) is 7.09. The van der Waals surface area contributed by atoms with Crippen LogP contribution in [0.4, 0.5) is 11.4 Å². The molecule has 41 heavy (non-hydrogen) atoms. The molecular weight excluding hydrogens is 516 g/mol. The number of carbonyl (C=O) groups is 1. The summed E-state index contributed by atoms with van der Waals surface area (Å²) in [5, 5.41) is 18.7. The third-order valence-corrected chi connectivity index (χ3v) is 7.09. The number of ether oxygens (including phenoxy) is 2. The van der Waals surface area contributed by atoms with Gasteiger partial charge in [0.05, 0.1) is 36.9 Å². The fourth-order valence-corrected chi connectivity index (χ4v) is 5.04. The Kier molecular flexibility index (Phi) is 10.2. The minimum Gasteiger partial charge on any atom is -0.490 e. The average Bonchev–Trinajstić information content (AvgIpc) is 2.97. The topological polar surface area (TPSA) is 119 Å². The first-order chi connectivity index (χ1) is 19.9. The molecule has 1 amide bonds. The number of fused-ring (bicyclic) bond motifs is 1. The van der Waals surface area contributed by atoms with Crippen molar-refractivity contribution in [1.82, 2.24) is 10.3 Å². The average molecular weight is 557 g/mol. The summed E-state index contributed by atoms with van der Waals surface area (Å²) in [6.45, 7) is 9.51. The molecule has 216 valence electrons. The number of pyridine rings is 1. The van der Waals surface area contributed by atoms with Gasteiger partial charge in [-0.15, -0.1) is 0 Å². The molecule has 3 aromatic carbocycles. The number of nitrogens with two attached hydrogens (primary N) is 1. The van der Waals surface area contributed by atoms with Gasteiger partial charge in [-0.3, -0.25) is 9.78 Å². The lowest BCUT2D eigenvalue weighted by Gasteiger charge is -2.23. The van der Waals surface area contributed by atoms with Crippen molar-refractivity contribution in [3.05, 3.63) is 89.1 Å². The zero-order valence-electron chi connectivity index (χ0n) is 24.2. The van der Waals surface area contributed by atoms with Crippen LogP contribution in [-0.4, -0.2) is 35.3 Å². The molecule has 2 atom stereocenters. The molecule has 2 unspecified atom stereocenters. The van der Waals surface area contributed by atoms with Crippen LogP contribution < -0.4 is 25.8 Å². The van der Waals surface area contributed by atoms with Crippen molar-refractivity contribution in [2.24, 2.45) is 5.73 Å². The molecule has 1 aromatic heterocycles. The first-order valence-corrected chi connectivity index (χ1v) is 14.2. The number of hydrogen-bond acceptors (Lipinski definition) is 7. The summed E-state index contributed by atoms with van der Waals surface area (Å²) in [6.07, 6.45) is 1.89. The summed E-state index contributed by atoms with van der Waals surface area (Å²) in [4.78, 5) is 16.6. The number of aliphatic hydroxyl groups excluding tert-OH is 1. The van der Waals surface area contributed by atoms with Crippen molar-refractivity contribution >= 4 is 28.2 Å². The Balaban J connectivity index is 1.69. The predicted octanol–water partition coefficient (Wildman–Crippen LogP) is 5.58. The summed E-state index contributed by atoms with van der Waals surface area (Å²) in [5.74, 6) is 0.796. The molecule has 4 rings (SSSR count). The van der Waals surface area contributed by atoms with E-state index < -0.39 is 12.0 Å². The molecule has 0 fully saturated rings. The van der Waals surface area contributed by atoms with E-state index >= 15 is 0 Å². The molecule has 0 aliphatic rings. The van der Waals surface area contributed by atoms with Gasteiger partial charge >= 0.3 is 0 Å². The van der Waals surface area contributed by atoms with Gasteiger partial charge in [-0.25, -0.2) is 0 Å². The molecule has 0 aliphatic carbocycles. The Hall–Kier alpha value is -4.14. The second-order valence-electron chi connectivity index (χ2n) is 9.93. The molecule has 4 aromatic rings. The van der Waals surface area contributed by atoms with E-state index in [4.69, 9.17) is 15.2 Å². The number of benzene rings is 3. The van der Waals surface area contributed by atoms with Gasteiger partial charge in [-0.1, -0.05) is 49.4 Å². The predicted molar refractivity (Wildman–Crippen MR) is 164 cm³/mol. The number of aromatic nitrogens is 1. The second-order valence-corrected chi connectivity index (χ2v) is 9.93. The summed E-state index contributed by atoms with van der Waals surface area (Å²) in [5.41, 5.74) is 11.8. The molecule has 0 radical (unpaired) electrons. The second kappa shape index (κ2) is 14.0. The Bertz CT molecular complexity index is 1480. The normalized spacial score (nSPS) is 12.6. The van der Waals surface area contributed by atoms with Gasteiger partial charge in [-0.05, 0) is 56.0 Å². The quantitative estimate of drug-likeness (QED) is 0.160. The van der Waals surface area contributed by atoms with Crippen LogP contribution in [0.1, 0.15) is 56.1 Å². The zero-order chi connectivity index (χ0) is 29.4. The largest absolute Gasteiger partial charge is 0.490 e. The van der Waals surface area contributed by atoms with Crippen LogP contribution in [-0.2, 0) is 24.2 Å². The number of hydrogen-bond donors (Lipinski definition) is 4. The van der Waals surface area contributed by atoms with Gasteiger partial charge in [0.25, 0.3) is 0 Å². The van der Waals surface area contributed by atoms with Crippen LogP contribution >= 0.6 is 0 Å². The fraction of sp³-hybridized carbons (Fsp3) is 0.333. The van der Waals surface area contributed by atoms with E-state index in [9.17, 15) is 9.90 Å². The number of aliphatic hydroxyl groups is 1. The summed E-state index contributed by atoms with van der Waals surface area (Å²) < 4.78 is 11.7. The maximum Gasteiger partial charge on any atom is 0.221 e. The SMILES string of the molecule is CCOc1cc2ncc(CC(N)=O)c(Nc3cccc(CNC(C)C(O)c4ccccc4)c3CC)c2cc1OCC. The molecule has 0 saturated carbocycles. The molecule has 8 nitrogen and oxygen atoms in total. The number of nitrogens with one attached hydrogen (secondary N) is 2. The Morgan fingerprint density at radius 2 is 1.68 bits per heavy atom. The van der Waals surface area contributed by atoms with E-state index in [1.54, 1.807) is 6.20 Å². The van der Waals surface area contributed by atoms with E-state index in [2.05, 4.69) is 28.6 Å². The summed E-state index contributed by atoms with van der Waals surface area (Å²) in [6, 6.07) is 19.4. The number of nitrogens with zero attached hydrogens (tertiary/aromatic N) is 1. The van der Waals surface area contributed by atoms with Crippen molar-refractivity contribution in [2.75, 3.05) is 18.5 Å². The lowest BCUT2D eigenvalue weighted by Crippen LogP contribution is -2.32. The Morgan fingerprint density at radius 1 is 0.976 bits per heavy atom. The molecule has 0 aliphatic heterocycles. The van der Waals surface area contributed by atoms with E-state index in [1.807, 2.05) is 75.4 Å². The number of anilines is 2.